The molecular formula is C15H19BrO4. The van der Waals surface area contributed by atoms with Crippen molar-refractivity contribution in [1.29, 1.82) is 0 Å². The van der Waals surface area contributed by atoms with Crippen LogP contribution in [0.5, 0.6) is 0 Å². The number of hydrogen-bond acceptors (Lipinski definition) is 3. The molecule has 1 atom stereocenters. The summed E-state index contributed by atoms with van der Waals surface area (Å²) in [5.74, 6) is -1.79. The Morgan fingerprint density at radius 1 is 1.30 bits per heavy atom. The van der Waals surface area contributed by atoms with Gasteiger partial charge in [-0.1, -0.05) is 47.5 Å². The maximum Gasteiger partial charge on any atom is 0.323 e. The summed E-state index contributed by atoms with van der Waals surface area (Å²) >= 11 is 3.39. The summed E-state index contributed by atoms with van der Waals surface area (Å²) in [7, 11) is 0. The Hall–Kier alpha value is -1.36. The molecule has 0 aromatic heterocycles. The van der Waals surface area contributed by atoms with Crippen molar-refractivity contribution in [2.45, 2.75) is 33.1 Å². The molecule has 1 aromatic carbocycles. The second-order valence-corrected chi connectivity index (χ2v) is 5.48. The molecule has 5 heteroatoms. The topological polar surface area (TPSA) is 63.6 Å². The van der Waals surface area contributed by atoms with Gasteiger partial charge in [0, 0.05) is 10.9 Å². The zero-order valence-electron chi connectivity index (χ0n) is 11.7. The first-order valence-electron chi connectivity index (χ1n) is 6.62. The molecule has 0 saturated heterocycles. The third kappa shape index (κ3) is 3.60. The first-order valence-corrected chi connectivity index (χ1v) is 7.41. The van der Waals surface area contributed by atoms with Crippen LogP contribution in [0.15, 0.2) is 28.7 Å². The van der Waals surface area contributed by atoms with Crippen LogP contribution in [0, 0.1) is 5.41 Å². The number of ether oxygens (including phenoxy) is 1. The van der Waals surface area contributed by atoms with E-state index in [4.69, 9.17) is 4.74 Å². The number of esters is 1. The molecule has 0 spiro atoms. The van der Waals surface area contributed by atoms with Gasteiger partial charge in [-0.15, -0.1) is 0 Å². The Balaban J connectivity index is 3.19. The molecule has 0 fully saturated rings. The molecule has 0 saturated carbocycles. The smallest absolute Gasteiger partial charge is 0.323 e. The van der Waals surface area contributed by atoms with Gasteiger partial charge in [0.05, 0.1) is 6.61 Å². The minimum Gasteiger partial charge on any atom is -0.480 e. The molecular weight excluding hydrogens is 324 g/mol. The first-order chi connectivity index (χ1) is 9.47. The summed E-state index contributed by atoms with van der Waals surface area (Å²) in [6, 6.07) is 7.32. The van der Waals surface area contributed by atoms with Gasteiger partial charge in [0.15, 0.2) is 5.41 Å². The Bertz CT molecular complexity index is 487. The summed E-state index contributed by atoms with van der Waals surface area (Å²) < 4.78 is 5.80. The normalized spacial score (nSPS) is 13.6. The predicted octanol–water partition coefficient (Wildman–Crippen LogP) is 3.43. The molecule has 1 N–H and O–H groups in total. The monoisotopic (exact) mass is 342 g/mol. The summed E-state index contributed by atoms with van der Waals surface area (Å²) in [5, 5.41) is 9.59. The first kappa shape index (κ1) is 16.7. The van der Waals surface area contributed by atoms with Crippen molar-refractivity contribution in [3.05, 3.63) is 34.3 Å². The maximum absolute atomic E-state index is 12.2. The van der Waals surface area contributed by atoms with E-state index in [1.54, 1.807) is 6.92 Å². The van der Waals surface area contributed by atoms with E-state index in [1.807, 2.05) is 31.2 Å². The van der Waals surface area contributed by atoms with Gasteiger partial charge in [-0.2, -0.15) is 0 Å². The summed E-state index contributed by atoms with van der Waals surface area (Å²) in [6.45, 7) is 3.71. The Morgan fingerprint density at radius 3 is 2.45 bits per heavy atom. The lowest BCUT2D eigenvalue weighted by Crippen LogP contribution is -2.42. The van der Waals surface area contributed by atoms with Gasteiger partial charge in [-0.05, 0) is 25.0 Å². The quantitative estimate of drug-likeness (QED) is 0.609. The number of rotatable bonds is 7. The molecule has 0 aliphatic heterocycles. The summed E-state index contributed by atoms with van der Waals surface area (Å²) in [5.41, 5.74) is -0.731. The number of carboxylic acid groups (broad SMARTS) is 1. The van der Waals surface area contributed by atoms with Crippen LogP contribution in [0.1, 0.15) is 32.3 Å². The van der Waals surface area contributed by atoms with E-state index in [-0.39, 0.29) is 19.4 Å². The van der Waals surface area contributed by atoms with Crippen molar-refractivity contribution in [3.8, 4) is 0 Å². The zero-order valence-corrected chi connectivity index (χ0v) is 13.3. The van der Waals surface area contributed by atoms with Gasteiger partial charge < -0.3 is 9.84 Å². The van der Waals surface area contributed by atoms with Crippen LogP contribution in [0.25, 0.3) is 0 Å². The minimum atomic E-state index is -1.52. The molecule has 0 bridgehead atoms. The van der Waals surface area contributed by atoms with Crippen molar-refractivity contribution < 1.29 is 19.4 Å². The molecule has 0 amide bonds. The lowest BCUT2D eigenvalue weighted by Gasteiger charge is -2.27. The van der Waals surface area contributed by atoms with E-state index in [9.17, 15) is 14.7 Å². The number of hydrogen-bond donors (Lipinski definition) is 1. The fourth-order valence-electron chi connectivity index (χ4n) is 2.20. The molecule has 1 rings (SSSR count). The minimum absolute atomic E-state index is 0.121. The summed E-state index contributed by atoms with van der Waals surface area (Å²) in [4.78, 5) is 23.9. The Kier molecular flexibility index (Phi) is 6.20. The van der Waals surface area contributed by atoms with E-state index in [0.29, 0.717) is 6.42 Å². The predicted molar refractivity (Wildman–Crippen MR) is 79.5 cm³/mol. The van der Waals surface area contributed by atoms with Crippen LogP contribution in [-0.2, 0) is 20.7 Å². The lowest BCUT2D eigenvalue weighted by molar-refractivity contribution is -0.169. The molecule has 1 unspecified atom stereocenters. The van der Waals surface area contributed by atoms with Crippen molar-refractivity contribution >= 4 is 27.9 Å². The zero-order chi connectivity index (χ0) is 15.2. The number of carbonyl (C=O) groups excluding carboxylic acids is 1. The van der Waals surface area contributed by atoms with Gasteiger partial charge in [-0.25, -0.2) is 0 Å². The second-order valence-electron chi connectivity index (χ2n) is 4.63. The van der Waals surface area contributed by atoms with Gasteiger partial charge in [0.2, 0.25) is 0 Å². The molecule has 0 radical (unpaired) electrons. The molecule has 110 valence electrons. The van der Waals surface area contributed by atoms with E-state index in [0.717, 1.165) is 10.0 Å². The fourth-order valence-corrected chi connectivity index (χ4v) is 2.62. The SMILES string of the molecule is CCCC(Cc1ccccc1Br)(C(=O)O)C(=O)OCC. The molecule has 0 aliphatic carbocycles. The third-order valence-electron chi connectivity index (χ3n) is 3.20. The molecule has 0 aliphatic rings. The van der Waals surface area contributed by atoms with Gasteiger partial charge >= 0.3 is 11.9 Å². The number of aliphatic carboxylic acids is 1. The van der Waals surface area contributed by atoms with Crippen molar-refractivity contribution in [3.63, 3.8) is 0 Å². The van der Waals surface area contributed by atoms with E-state index < -0.39 is 17.4 Å². The highest BCUT2D eigenvalue weighted by Gasteiger charge is 2.47. The van der Waals surface area contributed by atoms with Crippen molar-refractivity contribution in [1.82, 2.24) is 0 Å². The van der Waals surface area contributed by atoms with Crippen molar-refractivity contribution in [2.24, 2.45) is 5.41 Å². The average molecular weight is 343 g/mol. The number of carboxylic acids is 1. The lowest BCUT2D eigenvalue weighted by atomic mass is 9.78. The molecule has 4 nitrogen and oxygen atoms in total. The van der Waals surface area contributed by atoms with Crippen LogP contribution in [0.2, 0.25) is 0 Å². The molecule has 20 heavy (non-hydrogen) atoms. The third-order valence-corrected chi connectivity index (χ3v) is 3.98. The standard InChI is InChI=1S/C15H19BrO4/c1-3-9-15(13(17)18,14(19)20-4-2)10-11-7-5-6-8-12(11)16/h5-8H,3-4,9-10H2,1-2H3,(H,17,18). The second kappa shape index (κ2) is 7.43. The van der Waals surface area contributed by atoms with E-state index in [2.05, 4.69) is 15.9 Å². The summed E-state index contributed by atoms with van der Waals surface area (Å²) in [6.07, 6.45) is 0.967. The molecule has 0 heterocycles. The number of carbonyl (C=O) groups is 2. The molecule has 1 aromatic rings. The highest BCUT2D eigenvalue weighted by Crippen LogP contribution is 2.33. The van der Waals surface area contributed by atoms with Crippen LogP contribution in [-0.4, -0.2) is 23.7 Å². The van der Waals surface area contributed by atoms with Gasteiger partial charge in [0.25, 0.3) is 0 Å². The largest absolute Gasteiger partial charge is 0.480 e. The van der Waals surface area contributed by atoms with E-state index >= 15 is 0 Å². The van der Waals surface area contributed by atoms with Crippen LogP contribution >= 0.6 is 15.9 Å². The van der Waals surface area contributed by atoms with Gasteiger partial charge in [-0.3, -0.25) is 9.59 Å². The van der Waals surface area contributed by atoms with Crippen LogP contribution < -0.4 is 0 Å². The average Bonchev–Trinajstić information content (AvgIpc) is 2.40. The van der Waals surface area contributed by atoms with Crippen LogP contribution in [0.3, 0.4) is 0 Å². The van der Waals surface area contributed by atoms with Gasteiger partial charge in [0.1, 0.15) is 0 Å². The van der Waals surface area contributed by atoms with E-state index in [1.165, 1.54) is 0 Å². The maximum atomic E-state index is 12.2. The number of halogens is 1. The van der Waals surface area contributed by atoms with Crippen LogP contribution in [0.4, 0.5) is 0 Å². The number of benzene rings is 1. The highest BCUT2D eigenvalue weighted by atomic mass is 79.9. The Morgan fingerprint density at radius 2 is 1.95 bits per heavy atom. The fraction of sp³-hybridized carbons (Fsp3) is 0.467. The van der Waals surface area contributed by atoms with Crippen molar-refractivity contribution in [2.75, 3.05) is 6.61 Å². The Labute approximate surface area is 127 Å². The highest BCUT2D eigenvalue weighted by molar-refractivity contribution is 9.10.